The lowest BCUT2D eigenvalue weighted by Crippen LogP contribution is -2.10. The van der Waals surface area contributed by atoms with Crippen LogP contribution in [0.1, 0.15) is 10.4 Å². The zero-order chi connectivity index (χ0) is 15.1. The molecule has 0 fully saturated rings. The molecule has 0 aliphatic rings. The minimum Gasteiger partial charge on any atom is -0.493 e. The van der Waals surface area contributed by atoms with Crippen molar-refractivity contribution in [2.45, 2.75) is 0 Å². The average molecular weight is 307 g/mol. The van der Waals surface area contributed by atoms with Crippen molar-refractivity contribution in [3.8, 4) is 17.2 Å². The summed E-state index contributed by atoms with van der Waals surface area (Å²) in [7, 11) is 1.53. The van der Waals surface area contributed by atoms with Crippen molar-refractivity contribution < 1.29 is 19.0 Å². The van der Waals surface area contributed by atoms with Gasteiger partial charge in [0.05, 0.1) is 12.7 Å². The van der Waals surface area contributed by atoms with Gasteiger partial charge < -0.3 is 14.2 Å². The maximum atomic E-state index is 11.0. The molecule has 4 nitrogen and oxygen atoms in total. The van der Waals surface area contributed by atoms with Gasteiger partial charge in [0.2, 0.25) is 0 Å². The molecule has 0 saturated heterocycles. The summed E-state index contributed by atoms with van der Waals surface area (Å²) in [5, 5.41) is 0.656. The largest absolute Gasteiger partial charge is 0.493 e. The summed E-state index contributed by atoms with van der Waals surface area (Å²) in [5.41, 5.74) is 0.445. The number of ether oxygens (including phenoxy) is 3. The predicted molar refractivity (Wildman–Crippen MR) is 80.8 cm³/mol. The van der Waals surface area contributed by atoms with E-state index in [-0.39, 0.29) is 0 Å². The van der Waals surface area contributed by atoms with Crippen molar-refractivity contribution >= 4 is 17.9 Å². The van der Waals surface area contributed by atoms with Crippen LogP contribution in [0.2, 0.25) is 5.02 Å². The van der Waals surface area contributed by atoms with Gasteiger partial charge in [0.15, 0.2) is 17.8 Å². The third kappa shape index (κ3) is 4.13. The third-order valence-corrected chi connectivity index (χ3v) is 3.02. The van der Waals surface area contributed by atoms with Gasteiger partial charge in [-0.1, -0.05) is 17.7 Å². The third-order valence-electron chi connectivity index (χ3n) is 2.77. The fourth-order valence-corrected chi connectivity index (χ4v) is 1.90. The number of carbonyl (C=O) groups is 1. The van der Waals surface area contributed by atoms with E-state index in [4.69, 9.17) is 25.8 Å². The number of benzene rings is 2. The van der Waals surface area contributed by atoms with Crippen molar-refractivity contribution in [3.63, 3.8) is 0 Å². The highest BCUT2D eigenvalue weighted by Crippen LogP contribution is 2.29. The Kier molecular flexibility index (Phi) is 5.46. The molecule has 0 atom stereocenters. The van der Waals surface area contributed by atoms with Crippen LogP contribution in [-0.2, 0) is 0 Å². The monoisotopic (exact) mass is 306 g/mol. The Balaban J connectivity index is 1.91. The standard InChI is InChI=1S/C16H15ClO4/c1-19-15-4-2-3-12(11-18)16(15)21-10-9-20-14-7-5-13(17)6-8-14/h2-8,11H,9-10H2,1H3. The minimum absolute atomic E-state index is 0.295. The SMILES string of the molecule is COc1cccc(C=O)c1OCCOc1ccc(Cl)cc1. The average Bonchev–Trinajstić information content (AvgIpc) is 2.53. The number of halogens is 1. The first-order chi connectivity index (χ1) is 10.2. The Bertz CT molecular complexity index is 596. The molecule has 0 spiro atoms. The van der Waals surface area contributed by atoms with Crippen LogP contribution in [0.4, 0.5) is 0 Å². The molecule has 0 aliphatic heterocycles. The number of aldehydes is 1. The Morgan fingerprint density at radius 1 is 1.05 bits per heavy atom. The molecule has 0 aliphatic carbocycles. The van der Waals surface area contributed by atoms with Crippen LogP contribution in [0.5, 0.6) is 17.2 Å². The fourth-order valence-electron chi connectivity index (χ4n) is 1.77. The van der Waals surface area contributed by atoms with E-state index in [1.807, 2.05) is 0 Å². The lowest BCUT2D eigenvalue weighted by molar-refractivity contribution is 0.111. The second kappa shape index (κ2) is 7.55. The van der Waals surface area contributed by atoms with E-state index < -0.39 is 0 Å². The molecular weight excluding hydrogens is 292 g/mol. The molecule has 0 aromatic heterocycles. The van der Waals surface area contributed by atoms with E-state index in [0.29, 0.717) is 41.0 Å². The molecule has 0 bridgehead atoms. The van der Waals surface area contributed by atoms with Crippen LogP contribution in [0, 0.1) is 0 Å². The number of methoxy groups -OCH3 is 1. The molecule has 2 aromatic rings. The topological polar surface area (TPSA) is 44.8 Å². The number of carbonyl (C=O) groups excluding carboxylic acids is 1. The highest BCUT2D eigenvalue weighted by molar-refractivity contribution is 6.30. The van der Waals surface area contributed by atoms with Gasteiger partial charge in [0.25, 0.3) is 0 Å². The second-order valence-electron chi connectivity index (χ2n) is 4.15. The number of rotatable bonds is 7. The Morgan fingerprint density at radius 3 is 2.43 bits per heavy atom. The molecule has 5 heteroatoms. The Labute approximate surface area is 128 Å². The lowest BCUT2D eigenvalue weighted by atomic mass is 10.2. The van der Waals surface area contributed by atoms with Gasteiger partial charge in [-0.05, 0) is 36.4 Å². The van der Waals surface area contributed by atoms with Crippen LogP contribution >= 0.6 is 11.6 Å². The van der Waals surface area contributed by atoms with Crippen molar-refractivity contribution in [1.29, 1.82) is 0 Å². The van der Waals surface area contributed by atoms with E-state index in [9.17, 15) is 4.79 Å². The summed E-state index contributed by atoms with van der Waals surface area (Å²) in [4.78, 5) is 11.0. The van der Waals surface area contributed by atoms with E-state index >= 15 is 0 Å². The van der Waals surface area contributed by atoms with Gasteiger partial charge >= 0.3 is 0 Å². The van der Waals surface area contributed by atoms with Gasteiger partial charge in [-0.2, -0.15) is 0 Å². The highest BCUT2D eigenvalue weighted by atomic mass is 35.5. The number of hydrogen-bond acceptors (Lipinski definition) is 4. The normalized spacial score (nSPS) is 10.0. The predicted octanol–water partition coefficient (Wildman–Crippen LogP) is 3.62. The van der Waals surface area contributed by atoms with Crippen LogP contribution in [0.3, 0.4) is 0 Å². The maximum absolute atomic E-state index is 11.0. The fraction of sp³-hybridized carbons (Fsp3) is 0.188. The quantitative estimate of drug-likeness (QED) is 0.579. The second-order valence-corrected chi connectivity index (χ2v) is 4.58. The lowest BCUT2D eigenvalue weighted by Gasteiger charge is -2.13. The molecule has 21 heavy (non-hydrogen) atoms. The first-order valence-corrected chi connectivity index (χ1v) is 6.75. The molecule has 0 amide bonds. The summed E-state index contributed by atoms with van der Waals surface area (Å²) >= 11 is 5.79. The van der Waals surface area contributed by atoms with Crippen LogP contribution in [0.25, 0.3) is 0 Å². The van der Waals surface area contributed by atoms with E-state index in [1.54, 1.807) is 42.5 Å². The van der Waals surface area contributed by atoms with Crippen molar-refractivity contribution in [3.05, 3.63) is 53.1 Å². The molecule has 0 unspecified atom stereocenters. The number of hydrogen-bond donors (Lipinski definition) is 0. The summed E-state index contributed by atoms with van der Waals surface area (Å²) in [6, 6.07) is 12.2. The summed E-state index contributed by atoms with van der Waals surface area (Å²) in [6.07, 6.45) is 0.734. The minimum atomic E-state index is 0.295. The number of para-hydroxylation sites is 1. The molecule has 0 radical (unpaired) electrons. The van der Waals surface area contributed by atoms with Crippen LogP contribution in [-0.4, -0.2) is 26.6 Å². The van der Waals surface area contributed by atoms with Crippen molar-refractivity contribution in [2.24, 2.45) is 0 Å². The van der Waals surface area contributed by atoms with Gasteiger partial charge in [-0.25, -0.2) is 0 Å². The van der Waals surface area contributed by atoms with E-state index in [0.717, 1.165) is 6.29 Å². The highest BCUT2D eigenvalue weighted by Gasteiger charge is 2.09. The molecule has 2 aromatic carbocycles. The summed E-state index contributed by atoms with van der Waals surface area (Å²) in [6.45, 7) is 0.641. The molecule has 2 rings (SSSR count). The van der Waals surface area contributed by atoms with E-state index in [2.05, 4.69) is 0 Å². The van der Waals surface area contributed by atoms with Gasteiger partial charge in [-0.3, -0.25) is 4.79 Å². The van der Waals surface area contributed by atoms with Gasteiger partial charge in [0.1, 0.15) is 19.0 Å². The zero-order valence-corrected chi connectivity index (χ0v) is 12.3. The van der Waals surface area contributed by atoms with Gasteiger partial charge in [-0.15, -0.1) is 0 Å². The van der Waals surface area contributed by atoms with Crippen LogP contribution < -0.4 is 14.2 Å². The molecule has 110 valence electrons. The summed E-state index contributed by atoms with van der Waals surface area (Å²) < 4.78 is 16.3. The maximum Gasteiger partial charge on any atom is 0.171 e. The molecule has 0 N–H and O–H groups in total. The summed E-state index contributed by atoms with van der Waals surface area (Å²) in [5.74, 6) is 1.65. The molecule has 0 saturated carbocycles. The van der Waals surface area contributed by atoms with Gasteiger partial charge in [0, 0.05) is 5.02 Å². The Hall–Kier alpha value is -2.20. The zero-order valence-electron chi connectivity index (χ0n) is 11.5. The smallest absolute Gasteiger partial charge is 0.171 e. The molecule has 0 heterocycles. The first-order valence-electron chi connectivity index (χ1n) is 6.38. The molecular formula is C16H15ClO4. The van der Waals surface area contributed by atoms with Crippen molar-refractivity contribution in [1.82, 2.24) is 0 Å². The Morgan fingerprint density at radius 2 is 1.76 bits per heavy atom. The van der Waals surface area contributed by atoms with Crippen LogP contribution in [0.15, 0.2) is 42.5 Å². The van der Waals surface area contributed by atoms with Crippen molar-refractivity contribution in [2.75, 3.05) is 20.3 Å². The first kappa shape index (κ1) is 15.2. The van der Waals surface area contributed by atoms with E-state index in [1.165, 1.54) is 7.11 Å².